The van der Waals surface area contributed by atoms with E-state index < -0.39 is 15.8 Å². The second kappa shape index (κ2) is 7.48. The zero-order valence-electron chi connectivity index (χ0n) is 15.2. The van der Waals surface area contributed by atoms with Crippen molar-refractivity contribution in [3.05, 3.63) is 54.3 Å². The van der Waals surface area contributed by atoms with Gasteiger partial charge in [-0.3, -0.25) is 4.31 Å². The van der Waals surface area contributed by atoms with Crippen LogP contribution in [0.4, 0.5) is 15.8 Å². The van der Waals surface area contributed by atoms with Crippen molar-refractivity contribution in [2.45, 2.75) is 17.7 Å². The van der Waals surface area contributed by atoms with Crippen LogP contribution in [0.3, 0.4) is 0 Å². The van der Waals surface area contributed by atoms with E-state index in [2.05, 4.69) is 9.80 Å². The molecule has 2 aliphatic heterocycles. The lowest BCUT2D eigenvalue weighted by Gasteiger charge is -2.38. The van der Waals surface area contributed by atoms with E-state index >= 15 is 0 Å². The van der Waals surface area contributed by atoms with E-state index in [0.29, 0.717) is 18.8 Å². The van der Waals surface area contributed by atoms with Gasteiger partial charge in [0.25, 0.3) is 10.0 Å². The fourth-order valence-corrected chi connectivity index (χ4v) is 5.35. The maximum absolute atomic E-state index is 13.2. The predicted molar refractivity (Wildman–Crippen MR) is 105 cm³/mol. The minimum atomic E-state index is -3.72. The van der Waals surface area contributed by atoms with Crippen molar-refractivity contribution >= 4 is 21.4 Å². The average molecular weight is 389 g/mol. The summed E-state index contributed by atoms with van der Waals surface area (Å²) in [4.78, 5) is 4.85. The SMILES string of the molecule is O=S(=O)(c1ccc(F)cc1)N1CCN(CCN2CCCC2)c2ccccc21. The number of sulfonamides is 1. The number of fused-ring (bicyclic) bond motifs is 1. The first-order valence-corrected chi connectivity index (χ1v) is 10.8. The summed E-state index contributed by atoms with van der Waals surface area (Å²) in [6.45, 7) is 5.23. The minimum absolute atomic E-state index is 0.115. The van der Waals surface area contributed by atoms with E-state index in [0.717, 1.165) is 31.9 Å². The van der Waals surface area contributed by atoms with Crippen molar-refractivity contribution < 1.29 is 12.8 Å². The predicted octanol–water partition coefficient (Wildman–Crippen LogP) is 2.94. The highest BCUT2D eigenvalue weighted by Gasteiger charge is 2.31. The molecule has 2 heterocycles. The van der Waals surface area contributed by atoms with Gasteiger partial charge in [-0.2, -0.15) is 0 Å². The number of nitrogens with zero attached hydrogens (tertiary/aromatic N) is 3. The summed E-state index contributed by atoms with van der Waals surface area (Å²) in [6.07, 6.45) is 2.53. The van der Waals surface area contributed by atoms with E-state index in [1.165, 1.54) is 41.4 Å². The molecule has 0 saturated carbocycles. The van der Waals surface area contributed by atoms with Crippen LogP contribution >= 0.6 is 0 Å². The molecule has 0 aliphatic carbocycles. The van der Waals surface area contributed by atoms with Crippen LogP contribution in [0, 0.1) is 5.82 Å². The summed E-state index contributed by atoms with van der Waals surface area (Å²) in [7, 11) is -3.72. The van der Waals surface area contributed by atoms with Gasteiger partial charge >= 0.3 is 0 Å². The molecule has 27 heavy (non-hydrogen) atoms. The van der Waals surface area contributed by atoms with Gasteiger partial charge in [0.2, 0.25) is 0 Å². The fourth-order valence-electron chi connectivity index (χ4n) is 3.88. The van der Waals surface area contributed by atoms with Crippen molar-refractivity contribution in [1.82, 2.24) is 4.90 Å². The van der Waals surface area contributed by atoms with Crippen molar-refractivity contribution in [3.8, 4) is 0 Å². The smallest absolute Gasteiger partial charge is 0.264 e. The van der Waals surface area contributed by atoms with E-state index in [9.17, 15) is 12.8 Å². The molecular weight excluding hydrogens is 365 g/mol. The lowest BCUT2D eigenvalue weighted by atomic mass is 10.2. The quantitative estimate of drug-likeness (QED) is 0.789. The van der Waals surface area contributed by atoms with Crippen molar-refractivity contribution in [1.29, 1.82) is 0 Å². The summed E-state index contributed by atoms with van der Waals surface area (Å²) < 4.78 is 40.9. The first-order valence-electron chi connectivity index (χ1n) is 9.40. The topological polar surface area (TPSA) is 43.9 Å². The molecule has 0 amide bonds. The minimum Gasteiger partial charge on any atom is -0.367 e. The van der Waals surface area contributed by atoms with Gasteiger partial charge in [-0.15, -0.1) is 0 Å². The van der Waals surface area contributed by atoms with Gasteiger partial charge in [0.05, 0.1) is 22.8 Å². The Balaban J connectivity index is 1.59. The second-order valence-electron chi connectivity index (χ2n) is 7.06. The lowest BCUT2D eigenvalue weighted by Crippen LogP contribution is -2.46. The summed E-state index contributed by atoms with van der Waals surface area (Å²) in [5.74, 6) is -0.443. The van der Waals surface area contributed by atoms with Gasteiger partial charge in [0.15, 0.2) is 0 Å². The Hall–Kier alpha value is -2.12. The zero-order chi connectivity index (χ0) is 18.9. The van der Waals surface area contributed by atoms with Gasteiger partial charge in [0, 0.05) is 19.6 Å². The molecule has 2 aliphatic rings. The van der Waals surface area contributed by atoms with Gasteiger partial charge in [-0.1, -0.05) is 12.1 Å². The molecule has 0 radical (unpaired) electrons. The molecule has 0 bridgehead atoms. The summed E-state index contributed by atoms with van der Waals surface area (Å²) in [5, 5.41) is 0. The Morgan fingerprint density at radius 2 is 1.48 bits per heavy atom. The second-order valence-corrected chi connectivity index (χ2v) is 8.92. The fraction of sp³-hybridized carbons (Fsp3) is 0.400. The number of hydrogen-bond donors (Lipinski definition) is 0. The number of para-hydroxylation sites is 2. The Labute approximate surface area is 160 Å². The van der Waals surface area contributed by atoms with E-state index in [1.54, 1.807) is 0 Å². The molecule has 0 N–H and O–H groups in total. The summed E-state index contributed by atoms with van der Waals surface area (Å²) in [5.41, 5.74) is 1.63. The Kier molecular flexibility index (Phi) is 5.06. The van der Waals surface area contributed by atoms with Crippen LogP contribution in [0.1, 0.15) is 12.8 Å². The van der Waals surface area contributed by atoms with Crippen LogP contribution in [0.5, 0.6) is 0 Å². The van der Waals surface area contributed by atoms with Gasteiger partial charge in [-0.05, 0) is 62.3 Å². The Bertz CT molecular complexity index is 896. The molecule has 144 valence electrons. The zero-order valence-corrected chi connectivity index (χ0v) is 16.0. The third kappa shape index (κ3) is 3.66. The lowest BCUT2D eigenvalue weighted by molar-refractivity contribution is 0.344. The maximum atomic E-state index is 13.2. The average Bonchev–Trinajstić information content (AvgIpc) is 3.20. The third-order valence-electron chi connectivity index (χ3n) is 5.35. The maximum Gasteiger partial charge on any atom is 0.264 e. The largest absolute Gasteiger partial charge is 0.367 e. The van der Waals surface area contributed by atoms with Crippen LogP contribution in [-0.4, -0.2) is 52.6 Å². The molecular formula is C20H24FN3O2S. The third-order valence-corrected chi connectivity index (χ3v) is 7.18. The Morgan fingerprint density at radius 1 is 0.815 bits per heavy atom. The van der Waals surface area contributed by atoms with Crippen LogP contribution < -0.4 is 9.21 Å². The summed E-state index contributed by atoms with van der Waals surface area (Å²) in [6, 6.07) is 12.6. The highest BCUT2D eigenvalue weighted by molar-refractivity contribution is 7.92. The highest BCUT2D eigenvalue weighted by atomic mass is 32.2. The molecule has 0 atom stereocenters. The monoisotopic (exact) mass is 389 g/mol. The van der Waals surface area contributed by atoms with Crippen LogP contribution in [0.2, 0.25) is 0 Å². The molecule has 2 aromatic rings. The number of halogens is 1. The highest BCUT2D eigenvalue weighted by Crippen LogP contribution is 2.36. The van der Waals surface area contributed by atoms with Gasteiger partial charge in [0.1, 0.15) is 5.82 Å². The number of hydrogen-bond acceptors (Lipinski definition) is 4. The van der Waals surface area contributed by atoms with E-state index in [1.807, 2.05) is 24.3 Å². The van der Waals surface area contributed by atoms with Crippen LogP contribution in [0.15, 0.2) is 53.4 Å². The van der Waals surface area contributed by atoms with Crippen molar-refractivity contribution in [3.63, 3.8) is 0 Å². The van der Waals surface area contributed by atoms with E-state index in [-0.39, 0.29) is 4.90 Å². The first-order chi connectivity index (χ1) is 13.1. The molecule has 7 heteroatoms. The first kappa shape index (κ1) is 18.3. The molecule has 0 spiro atoms. The normalized spacial score (nSPS) is 18.0. The van der Waals surface area contributed by atoms with Crippen molar-refractivity contribution in [2.24, 2.45) is 0 Å². The standard InChI is InChI=1S/C20H24FN3O2S/c21-17-7-9-18(10-8-17)27(25,26)24-16-15-23(14-13-22-11-3-4-12-22)19-5-1-2-6-20(19)24/h1-2,5-10H,3-4,11-16H2. The molecule has 1 fully saturated rings. The number of anilines is 2. The Morgan fingerprint density at radius 3 is 2.19 bits per heavy atom. The van der Waals surface area contributed by atoms with Crippen LogP contribution in [-0.2, 0) is 10.0 Å². The summed E-state index contributed by atoms with van der Waals surface area (Å²) >= 11 is 0. The molecule has 0 unspecified atom stereocenters. The molecule has 0 aromatic heterocycles. The van der Waals surface area contributed by atoms with Gasteiger partial charge < -0.3 is 9.80 Å². The number of benzene rings is 2. The molecule has 4 rings (SSSR count). The molecule has 5 nitrogen and oxygen atoms in total. The molecule has 2 aromatic carbocycles. The number of rotatable bonds is 5. The van der Waals surface area contributed by atoms with Gasteiger partial charge in [-0.25, -0.2) is 12.8 Å². The number of likely N-dealkylation sites (tertiary alicyclic amines) is 1. The van der Waals surface area contributed by atoms with Crippen LogP contribution in [0.25, 0.3) is 0 Å². The van der Waals surface area contributed by atoms with Crippen molar-refractivity contribution in [2.75, 3.05) is 48.5 Å². The van der Waals surface area contributed by atoms with E-state index in [4.69, 9.17) is 0 Å². The molecule has 1 saturated heterocycles.